The zero-order chi connectivity index (χ0) is 14.7. The molecule has 2 rings (SSSR count). The third-order valence-corrected chi connectivity index (χ3v) is 4.35. The molecule has 1 aromatic rings. The molecule has 1 N–H and O–H groups in total. The first-order valence-electron chi connectivity index (χ1n) is 7.30. The molecule has 1 fully saturated rings. The Kier molecular flexibility index (Phi) is 4.92. The summed E-state index contributed by atoms with van der Waals surface area (Å²) in [5.74, 6) is -1.16. The van der Waals surface area contributed by atoms with Crippen molar-refractivity contribution < 1.29 is 15.3 Å². The Labute approximate surface area is 120 Å². The fraction of sp³-hybridized carbons (Fsp3) is 0.529. The monoisotopic (exact) mass is 282 g/mol. The maximum atomic E-state index is 13.9. The maximum absolute atomic E-state index is 13.9. The summed E-state index contributed by atoms with van der Waals surface area (Å²) < 4.78 is 27.5. The van der Waals surface area contributed by atoms with Gasteiger partial charge in [-0.15, -0.1) is 0 Å². The van der Waals surface area contributed by atoms with E-state index >= 15 is 0 Å². The van der Waals surface area contributed by atoms with E-state index in [1.54, 1.807) is 0 Å². The van der Waals surface area contributed by atoms with Gasteiger partial charge in [0, 0.05) is 6.99 Å². The molecule has 0 saturated heterocycles. The first-order valence-corrected chi connectivity index (χ1v) is 7.30. The quantitative estimate of drug-likeness (QED) is 0.779. The lowest BCUT2D eigenvalue weighted by molar-refractivity contribution is 0.0746. The molecule has 1 nitrogen and oxygen atoms in total. The number of hydrogen-bond acceptors (Lipinski definition) is 1. The van der Waals surface area contributed by atoms with E-state index in [0.29, 0.717) is 5.92 Å². The van der Waals surface area contributed by atoms with Gasteiger partial charge < -0.3 is 5.11 Å². The highest BCUT2D eigenvalue weighted by Gasteiger charge is 2.29. The van der Waals surface area contributed by atoms with Crippen LogP contribution in [0.1, 0.15) is 51.3 Å². The number of rotatable bonds is 3. The number of aliphatic hydroxyl groups excluding tert-OH is 1. The first kappa shape index (κ1) is 15.2. The number of halogens is 2. The lowest BCUT2D eigenvalue weighted by atomic mass is 9.77. The number of aryl methyl sites for hydroxylation is 1. The van der Waals surface area contributed by atoms with Crippen molar-refractivity contribution in [2.45, 2.75) is 45.6 Å². The molecule has 3 heteroatoms. The van der Waals surface area contributed by atoms with Crippen LogP contribution in [-0.2, 0) is 0 Å². The third kappa shape index (κ3) is 3.09. The Hall–Kier alpha value is -1.22. The van der Waals surface area contributed by atoms with Crippen LogP contribution >= 0.6 is 0 Å². The second-order valence-corrected chi connectivity index (χ2v) is 5.75. The van der Waals surface area contributed by atoms with Crippen molar-refractivity contribution in [1.82, 2.24) is 0 Å². The molecule has 1 saturated carbocycles. The predicted molar refractivity (Wildman–Crippen MR) is 78.4 cm³/mol. The van der Waals surface area contributed by atoms with Gasteiger partial charge >= 0.3 is 0 Å². The van der Waals surface area contributed by atoms with Crippen molar-refractivity contribution in [3.8, 4) is 0 Å². The van der Waals surface area contributed by atoms with E-state index in [0.717, 1.165) is 25.7 Å². The predicted octanol–water partition coefficient (Wildman–Crippen LogP) is 4.94. The minimum absolute atomic E-state index is 0. The van der Waals surface area contributed by atoms with Gasteiger partial charge in [-0.1, -0.05) is 24.3 Å². The molecule has 112 valence electrons. The summed E-state index contributed by atoms with van der Waals surface area (Å²) in [5.41, 5.74) is 0.373. The second kappa shape index (κ2) is 6.49. The van der Waals surface area contributed by atoms with Crippen molar-refractivity contribution >= 4 is 0 Å². The molecule has 1 aliphatic rings. The standard InChI is InChI=1S/C17H22F2O.H2/c1-3-4-12-6-8-13(9-7-12)17(20)14-10-5-11(2)15(18)16(14)19;/h3-5,10,12-13,17,20H,6-9H2,1-2H3;1H/b4-3+;. The average molecular weight is 282 g/mol. The molecule has 0 aromatic heterocycles. The normalized spacial score (nSPS) is 25.1. The molecule has 0 amide bonds. The minimum atomic E-state index is -0.906. The van der Waals surface area contributed by atoms with Gasteiger partial charge in [0.2, 0.25) is 0 Å². The Morgan fingerprint density at radius 1 is 1.20 bits per heavy atom. The summed E-state index contributed by atoms with van der Waals surface area (Å²) in [6, 6.07) is 3.04. The van der Waals surface area contributed by atoms with E-state index in [1.807, 2.05) is 6.92 Å². The van der Waals surface area contributed by atoms with E-state index < -0.39 is 17.7 Å². The van der Waals surface area contributed by atoms with Crippen LogP contribution in [0.2, 0.25) is 0 Å². The number of allylic oxidation sites excluding steroid dienone is 2. The SMILES string of the molecule is C/C=C/C1CCC(C(O)c2ccc(C)c(F)c2F)CC1.[HH]. The van der Waals surface area contributed by atoms with Gasteiger partial charge in [0.1, 0.15) is 0 Å². The summed E-state index contributed by atoms with van der Waals surface area (Å²) in [5, 5.41) is 10.3. The second-order valence-electron chi connectivity index (χ2n) is 5.75. The molecule has 0 bridgehead atoms. The summed E-state index contributed by atoms with van der Waals surface area (Å²) in [6.45, 7) is 3.53. The van der Waals surface area contributed by atoms with Crippen molar-refractivity contribution in [3.63, 3.8) is 0 Å². The maximum Gasteiger partial charge on any atom is 0.164 e. The number of aliphatic hydroxyl groups is 1. The van der Waals surface area contributed by atoms with Crippen LogP contribution in [0.15, 0.2) is 24.3 Å². The highest BCUT2D eigenvalue weighted by molar-refractivity contribution is 5.27. The van der Waals surface area contributed by atoms with Gasteiger partial charge in [-0.25, -0.2) is 8.78 Å². The van der Waals surface area contributed by atoms with Crippen LogP contribution in [0.5, 0.6) is 0 Å². The van der Waals surface area contributed by atoms with Crippen molar-refractivity contribution in [3.05, 3.63) is 47.0 Å². The number of benzene rings is 1. The van der Waals surface area contributed by atoms with Crippen LogP contribution in [0, 0.1) is 30.4 Å². The van der Waals surface area contributed by atoms with E-state index in [4.69, 9.17) is 0 Å². The summed E-state index contributed by atoms with van der Waals surface area (Å²) in [6.07, 6.45) is 7.04. The zero-order valence-corrected chi connectivity index (χ0v) is 12.1. The fourth-order valence-corrected chi connectivity index (χ4v) is 3.07. The van der Waals surface area contributed by atoms with Gasteiger partial charge in [-0.2, -0.15) is 0 Å². The van der Waals surface area contributed by atoms with Crippen LogP contribution in [0.3, 0.4) is 0 Å². The highest BCUT2D eigenvalue weighted by Crippen LogP contribution is 2.38. The molecule has 0 aliphatic heterocycles. The molecule has 0 radical (unpaired) electrons. The lowest BCUT2D eigenvalue weighted by Crippen LogP contribution is -2.21. The van der Waals surface area contributed by atoms with Gasteiger partial charge in [-0.05, 0) is 56.9 Å². The van der Waals surface area contributed by atoms with E-state index in [-0.39, 0.29) is 18.5 Å². The molecule has 1 aliphatic carbocycles. The molecule has 0 heterocycles. The smallest absolute Gasteiger partial charge is 0.164 e. The van der Waals surface area contributed by atoms with Crippen LogP contribution in [0.25, 0.3) is 0 Å². The molecule has 1 aromatic carbocycles. The van der Waals surface area contributed by atoms with E-state index in [9.17, 15) is 13.9 Å². The van der Waals surface area contributed by atoms with Gasteiger partial charge in [0.15, 0.2) is 11.6 Å². The molecule has 1 atom stereocenters. The first-order chi connectivity index (χ1) is 9.54. The Morgan fingerprint density at radius 2 is 1.85 bits per heavy atom. The Bertz CT molecular complexity index is 494. The van der Waals surface area contributed by atoms with Crippen LogP contribution < -0.4 is 0 Å². The van der Waals surface area contributed by atoms with Crippen LogP contribution in [0.4, 0.5) is 8.78 Å². The van der Waals surface area contributed by atoms with Crippen LogP contribution in [-0.4, -0.2) is 5.11 Å². The number of hydrogen-bond donors (Lipinski definition) is 1. The van der Waals surface area contributed by atoms with Crippen molar-refractivity contribution in [1.29, 1.82) is 0 Å². The summed E-state index contributed by atoms with van der Waals surface area (Å²) in [7, 11) is 0. The molecule has 20 heavy (non-hydrogen) atoms. The highest BCUT2D eigenvalue weighted by atomic mass is 19.2. The average Bonchev–Trinajstić information content (AvgIpc) is 2.45. The van der Waals surface area contributed by atoms with E-state index in [2.05, 4.69) is 12.2 Å². The topological polar surface area (TPSA) is 20.2 Å². The molecular formula is C17H24F2O. The van der Waals surface area contributed by atoms with E-state index in [1.165, 1.54) is 19.1 Å². The molecule has 0 spiro atoms. The zero-order valence-electron chi connectivity index (χ0n) is 12.1. The van der Waals surface area contributed by atoms with Gasteiger partial charge in [-0.3, -0.25) is 0 Å². The third-order valence-electron chi connectivity index (χ3n) is 4.35. The fourth-order valence-electron chi connectivity index (χ4n) is 3.07. The lowest BCUT2D eigenvalue weighted by Gasteiger charge is -2.30. The summed E-state index contributed by atoms with van der Waals surface area (Å²) in [4.78, 5) is 0. The molecule has 1 unspecified atom stereocenters. The van der Waals surface area contributed by atoms with Gasteiger partial charge in [0.25, 0.3) is 0 Å². The largest absolute Gasteiger partial charge is 0.388 e. The van der Waals surface area contributed by atoms with Crippen molar-refractivity contribution in [2.24, 2.45) is 11.8 Å². The Balaban J connectivity index is 0.00000220. The van der Waals surface area contributed by atoms with Gasteiger partial charge in [0.05, 0.1) is 6.10 Å². The molecular weight excluding hydrogens is 258 g/mol. The van der Waals surface area contributed by atoms with Crippen molar-refractivity contribution in [2.75, 3.05) is 0 Å². The Morgan fingerprint density at radius 3 is 2.45 bits per heavy atom. The summed E-state index contributed by atoms with van der Waals surface area (Å²) >= 11 is 0. The minimum Gasteiger partial charge on any atom is -0.388 e.